The lowest BCUT2D eigenvalue weighted by Crippen LogP contribution is -2.37. The van der Waals surface area contributed by atoms with Crippen LogP contribution in [0.3, 0.4) is 0 Å². The van der Waals surface area contributed by atoms with Gasteiger partial charge in [-0.2, -0.15) is 0 Å². The van der Waals surface area contributed by atoms with Gasteiger partial charge in [-0.15, -0.1) is 0 Å². The molecule has 5 heteroatoms. The monoisotopic (exact) mass is 360 g/mol. The molecular formula is C21H32N2O3. The highest BCUT2D eigenvalue weighted by molar-refractivity contribution is 5.94. The van der Waals surface area contributed by atoms with Gasteiger partial charge in [0, 0.05) is 38.2 Å². The van der Waals surface area contributed by atoms with E-state index >= 15 is 0 Å². The van der Waals surface area contributed by atoms with E-state index in [1.807, 2.05) is 34.1 Å². The molecule has 0 N–H and O–H groups in total. The first-order valence-corrected chi connectivity index (χ1v) is 9.81. The molecule has 0 spiro atoms. The number of amides is 2. The number of hydrogen-bond acceptors (Lipinski definition) is 3. The molecule has 0 saturated carbocycles. The Morgan fingerprint density at radius 3 is 2.35 bits per heavy atom. The van der Waals surface area contributed by atoms with Gasteiger partial charge in [-0.25, -0.2) is 0 Å². The second-order valence-electron chi connectivity index (χ2n) is 7.35. The summed E-state index contributed by atoms with van der Waals surface area (Å²) in [5, 5.41) is 0. The van der Waals surface area contributed by atoms with Gasteiger partial charge in [-0.05, 0) is 43.0 Å². The lowest BCUT2D eigenvalue weighted by molar-refractivity contribution is -0.131. The summed E-state index contributed by atoms with van der Waals surface area (Å²) in [6, 6.07) is 7.38. The summed E-state index contributed by atoms with van der Waals surface area (Å²) < 4.78 is 5.65. The number of nitrogens with zero attached hydrogens (tertiary/aromatic N) is 2. The number of carbonyl (C=O) groups excluding carboxylic acids is 2. The van der Waals surface area contributed by atoms with Gasteiger partial charge in [-0.3, -0.25) is 9.59 Å². The summed E-state index contributed by atoms with van der Waals surface area (Å²) in [6.07, 6.45) is 3.53. The summed E-state index contributed by atoms with van der Waals surface area (Å²) in [4.78, 5) is 28.8. The average molecular weight is 360 g/mol. The maximum Gasteiger partial charge on any atom is 0.253 e. The van der Waals surface area contributed by atoms with Crippen molar-refractivity contribution in [2.45, 2.75) is 46.5 Å². The molecule has 1 aliphatic heterocycles. The molecule has 0 unspecified atom stereocenters. The quantitative estimate of drug-likeness (QED) is 0.698. The second kappa shape index (κ2) is 10.2. The fourth-order valence-corrected chi connectivity index (χ4v) is 3.06. The van der Waals surface area contributed by atoms with Crippen molar-refractivity contribution in [2.24, 2.45) is 5.92 Å². The van der Waals surface area contributed by atoms with Crippen LogP contribution in [0.1, 0.15) is 56.8 Å². The van der Waals surface area contributed by atoms with E-state index in [0.717, 1.165) is 31.6 Å². The van der Waals surface area contributed by atoms with E-state index in [4.69, 9.17) is 4.74 Å². The Labute approximate surface area is 157 Å². The Kier molecular flexibility index (Phi) is 7.95. The highest BCUT2D eigenvalue weighted by atomic mass is 16.5. The topological polar surface area (TPSA) is 49.9 Å². The predicted molar refractivity (Wildman–Crippen MR) is 103 cm³/mol. The van der Waals surface area contributed by atoms with E-state index in [9.17, 15) is 9.59 Å². The van der Waals surface area contributed by atoms with E-state index < -0.39 is 0 Å². The number of benzene rings is 1. The standard InChI is InChI=1S/C21H32N2O3/c1-4-5-15-26-19-9-7-18(8-10-19)21(25)23-12-6-11-22(13-14-23)20(24)16-17(2)3/h7-10,17H,4-6,11-16H2,1-3H3. The number of hydrogen-bond donors (Lipinski definition) is 0. The van der Waals surface area contributed by atoms with E-state index in [0.29, 0.717) is 44.1 Å². The van der Waals surface area contributed by atoms with Gasteiger partial charge in [0.25, 0.3) is 5.91 Å². The zero-order chi connectivity index (χ0) is 18.9. The van der Waals surface area contributed by atoms with Crippen LogP contribution in [0, 0.1) is 5.92 Å². The third kappa shape index (κ3) is 6.04. The molecule has 1 saturated heterocycles. The molecule has 1 aromatic rings. The van der Waals surface area contributed by atoms with E-state index in [1.54, 1.807) is 0 Å². The van der Waals surface area contributed by atoms with Crippen molar-refractivity contribution >= 4 is 11.8 Å². The zero-order valence-electron chi connectivity index (χ0n) is 16.4. The first-order chi connectivity index (χ1) is 12.5. The Hall–Kier alpha value is -2.04. The Morgan fingerprint density at radius 2 is 1.69 bits per heavy atom. The summed E-state index contributed by atoms with van der Waals surface area (Å²) in [7, 11) is 0. The van der Waals surface area contributed by atoms with Crippen molar-refractivity contribution in [1.82, 2.24) is 9.80 Å². The highest BCUT2D eigenvalue weighted by Crippen LogP contribution is 2.16. The lowest BCUT2D eigenvalue weighted by Gasteiger charge is -2.23. The van der Waals surface area contributed by atoms with Crippen molar-refractivity contribution in [2.75, 3.05) is 32.8 Å². The van der Waals surface area contributed by atoms with Crippen LogP contribution in [0.2, 0.25) is 0 Å². The highest BCUT2D eigenvalue weighted by Gasteiger charge is 2.23. The van der Waals surface area contributed by atoms with E-state index in [1.165, 1.54) is 0 Å². The van der Waals surface area contributed by atoms with E-state index in [2.05, 4.69) is 20.8 Å². The van der Waals surface area contributed by atoms with Crippen LogP contribution in [0.4, 0.5) is 0 Å². The van der Waals surface area contributed by atoms with Gasteiger partial charge in [0.1, 0.15) is 5.75 Å². The Morgan fingerprint density at radius 1 is 1.04 bits per heavy atom. The molecule has 1 aromatic carbocycles. The molecular weight excluding hydrogens is 328 g/mol. The molecule has 1 fully saturated rings. The van der Waals surface area contributed by atoms with Crippen molar-refractivity contribution < 1.29 is 14.3 Å². The Bertz CT molecular complexity index is 583. The molecule has 0 bridgehead atoms. The molecule has 5 nitrogen and oxygen atoms in total. The molecule has 0 aromatic heterocycles. The van der Waals surface area contributed by atoms with Gasteiger partial charge >= 0.3 is 0 Å². The van der Waals surface area contributed by atoms with Gasteiger partial charge in [0.15, 0.2) is 0 Å². The molecule has 0 atom stereocenters. The molecule has 0 radical (unpaired) electrons. The van der Waals surface area contributed by atoms with Crippen LogP contribution >= 0.6 is 0 Å². The van der Waals surface area contributed by atoms with Gasteiger partial charge in [-0.1, -0.05) is 27.2 Å². The fourth-order valence-electron chi connectivity index (χ4n) is 3.06. The minimum absolute atomic E-state index is 0.0308. The molecule has 144 valence electrons. The zero-order valence-corrected chi connectivity index (χ0v) is 16.4. The fraction of sp³-hybridized carbons (Fsp3) is 0.619. The minimum Gasteiger partial charge on any atom is -0.494 e. The number of unbranched alkanes of at least 4 members (excludes halogenated alkanes) is 1. The minimum atomic E-state index is 0.0308. The molecule has 0 aliphatic carbocycles. The third-order valence-corrected chi connectivity index (χ3v) is 4.59. The van der Waals surface area contributed by atoms with Crippen LogP contribution < -0.4 is 4.74 Å². The van der Waals surface area contributed by atoms with Crippen LogP contribution in [-0.2, 0) is 4.79 Å². The normalized spacial score (nSPS) is 15.1. The Balaban J connectivity index is 1.90. The smallest absolute Gasteiger partial charge is 0.253 e. The van der Waals surface area contributed by atoms with Crippen molar-refractivity contribution in [3.05, 3.63) is 29.8 Å². The van der Waals surface area contributed by atoms with Gasteiger partial charge in [0.2, 0.25) is 5.91 Å². The average Bonchev–Trinajstić information content (AvgIpc) is 2.87. The molecule has 2 amide bonds. The van der Waals surface area contributed by atoms with Crippen molar-refractivity contribution in [3.8, 4) is 5.75 Å². The van der Waals surface area contributed by atoms with Crippen LogP contribution in [0.15, 0.2) is 24.3 Å². The van der Waals surface area contributed by atoms with E-state index in [-0.39, 0.29) is 11.8 Å². The molecule has 26 heavy (non-hydrogen) atoms. The molecule has 2 rings (SSSR count). The maximum atomic E-state index is 12.8. The summed E-state index contributed by atoms with van der Waals surface area (Å²) in [5.41, 5.74) is 0.676. The SMILES string of the molecule is CCCCOc1ccc(C(=O)N2CCCN(C(=O)CC(C)C)CC2)cc1. The number of carbonyl (C=O) groups is 2. The first-order valence-electron chi connectivity index (χ1n) is 9.81. The van der Waals surface area contributed by atoms with Crippen LogP contribution in [-0.4, -0.2) is 54.4 Å². The lowest BCUT2D eigenvalue weighted by atomic mass is 10.1. The first kappa shape index (κ1) is 20.3. The summed E-state index contributed by atoms with van der Waals surface area (Å²) in [6.45, 7) is 9.59. The maximum absolute atomic E-state index is 12.8. The number of rotatable bonds is 7. The number of ether oxygens (including phenoxy) is 1. The second-order valence-corrected chi connectivity index (χ2v) is 7.35. The van der Waals surface area contributed by atoms with Gasteiger partial charge < -0.3 is 14.5 Å². The molecule has 1 aliphatic rings. The van der Waals surface area contributed by atoms with Crippen molar-refractivity contribution in [3.63, 3.8) is 0 Å². The summed E-state index contributed by atoms with van der Waals surface area (Å²) >= 11 is 0. The summed E-state index contributed by atoms with van der Waals surface area (Å²) in [5.74, 6) is 1.39. The van der Waals surface area contributed by atoms with Crippen LogP contribution in [0.25, 0.3) is 0 Å². The van der Waals surface area contributed by atoms with Gasteiger partial charge in [0.05, 0.1) is 6.61 Å². The third-order valence-electron chi connectivity index (χ3n) is 4.59. The van der Waals surface area contributed by atoms with Crippen LogP contribution in [0.5, 0.6) is 5.75 Å². The van der Waals surface area contributed by atoms with Crippen molar-refractivity contribution in [1.29, 1.82) is 0 Å². The molecule has 1 heterocycles. The predicted octanol–water partition coefficient (Wildman–Crippen LogP) is 3.59. The largest absolute Gasteiger partial charge is 0.494 e.